The van der Waals surface area contributed by atoms with Gasteiger partial charge in [0.2, 0.25) is 5.91 Å². The number of amides is 1. The van der Waals surface area contributed by atoms with Crippen LogP contribution in [0.2, 0.25) is 0 Å². The second kappa shape index (κ2) is 2.28. The topological polar surface area (TPSA) is 43.1 Å². The normalized spacial score (nSPS) is 37.2. The van der Waals surface area contributed by atoms with Gasteiger partial charge in [-0.1, -0.05) is 41.5 Å². The number of hydrogen-bond acceptors (Lipinski definition) is 1. The molecule has 0 heterocycles. The van der Waals surface area contributed by atoms with Crippen molar-refractivity contribution in [2.24, 2.45) is 27.9 Å². The first kappa shape index (κ1) is 10.6. The molecule has 0 aromatic heterocycles. The van der Waals surface area contributed by atoms with E-state index in [2.05, 4.69) is 41.5 Å². The van der Waals surface area contributed by atoms with Crippen molar-refractivity contribution in [2.75, 3.05) is 0 Å². The van der Waals surface area contributed by atoms with Crippen LogP contribution in [0.15, 0.2) is 0 Å². The quantitative estimate of drug-likeness (QED) is 0.665. The molecular weight excluding hydrogens is 162 g/mol. The van der Waals surface area contributed by atoms with Gasteiger partial charge < -0.3 is 5.73 Å². The van der Waals surface area contributed by atoms with Gasteiger partial charge in [-0.15, -0.1) is 0 Å². The first-order chi connectivity index (χ1) is 5.60. The minimum absolute atomic E-state index is 0.0399. The highest BCUT2D eigenvalue weighted by Gasteiger charge is 2.76. The fourth-order valence-electron chi connectivity index (χ4n) is 3.54. The number of carbonyl (C=O) groups excluding carboxylic acids is 1. The molecule has 1 rings (SSSR count). The zero-order valence-electron chi connectivity index (χ0n) is 9.56. The number of hydrogen-bond donors (Lipinski definition) is 1. The van der Waals surface area contributed by atoms with Gasteiger partial charge in [-0.3, -0.25) is 4.79 Å². The van der Waals surface area contributed by atoms with Gasteiger partial charge in [0.15, 0.2) is 0 Å². The molecule has 1 aliphatic carbocycles. The predicted octanol–water partition coefficient (Wildman–Crippen LogP) is 2.18. The van der Waals surface area contributed by atoms with Crippen LogP contribution in [0.4, 0.5) is 0 Å². The summed E-state index contributed by atoms with van der Waals surface area (Å²) in [5, 5.41) is 0. The lowest BCUT2D eigenvalue weighted by atomic mass is 9.72. The summed E-state index contributed by atoms with van der Waals surface area (Å²) in [6.07, 6.45) is 0. The van der Waals surface area contributed by atoms with Crippen molar-refractivity contribution in [1.82, 2.24) is 0 Å². The van der Waals surface area contributed by atoms with Gasteiger partial charge in [0.1, 0.15) is 0 Å². The van der Waals surface area contributed by atoms with Crippen LogP contribution in [0, 0.1) is 22.2 Å². The van der Waals surface area contributed by atoms with E-state index in [-0.39, 0.29) is 22.2 Å². The van der Waals surface area contributed by atoms with Crippen molar-refractivity contribution in [3.63, 3.8) is 0 Å². The van der Waals surface area contributed by atoms with E-state index in [1.807, 2.05) is 0 Å². The molecule has 0 aromatic carbocycles. The number of primary amides is 1. The summed E-state index contributed by atoms with van der Waals surface area (Å²) >= 11 is 0. The van der Waals surface area contributed by atoms with Gasteiger partial charge in [0, 0.05) is 0 Å². The molecule has 0 spiro atoms. The number of nitrogens with two attached hydrogens (primary N) is 1. The molecule has 2 heteroatoms. The zero-order chi connectivity index (χ0) is 10.7. The summed E-state index contributed by atoms with van der Waals surface area (Å²) in [6, 6.07) is 0. The van der Waals surface area contributed by atoms with Crippen LogP contribution in [0.5, 0.6) is 0 Å². The minimum atomic E-state index is -0.319. The Morgan fingerprint density at radius 1 is 1.31 bits per heavy atom. The highest BCUT2D eigenvalue weighted by molar-refractivity contribution is 5.87. The Bertz CT molecular complexity index is 237. The van der Waals surface area contributed by atoms with E-state index in [0.29, 0.717) is 5.92 Å². The van der Waals surface area contributed by atoms with E-state index in [9.17, 15) is 4.79 Å². The molecule has 2 atom stereocenters. The Labute approximate surface area is 80.9 Å². The Morgan fingerprint density at radius 2 is 1.62 bits per heavy atom. The molecule has 0 radical (unpaired) electrons. The Kier molecular flexibility index (Phi) is 1.85. The lowest BCUT2D eigenvalue weighted by molar-refractivity contribution is -0.129. The molecule has 1 saturated carbocycles. The molecule has 76 valence electrons. The average molecular weight is 183 g/mol. The van der Waals surface area contributed by atoms with Crippen molar-refractivity contribution < 1.29 is 4.79 Å². The lowest BCUT2D eigenvalue weighted by Gasteiger charge is -2.32. The van der Waals surface area contributed by atoms with Gasteiger partial charge in [-0.2, -0.15) is 0 Å². The first-order valence-electron chi connectivity index (χ1n) is 4.90. The molecule has 13 heavy (non-hydrogen) atoms. The van der Waals surface area contributed by atoms with Gasteiger partial charge in [0.05, 0.1) is 5.41 Å². The highest BCUT2D eigenvalue weighted by Crippen LogP contribution is 2.75. The maximum Gasteiger partial charge on any atom is 0.225 e. The third-order valence-electron chi connectivity index (χ3n) is 4.24. The summed E-state index contributed by atoms with van der Waals surface area (Å²) < 4.78 is 0. The molecular formula is C11H21NO. The standard InChI is InChI=1S/C11H21NO/c1-7-10(5,6)11(7,8(12)13)9(2,3)4/h7H,1-6H3,(H2,12,13). The van der Waals surface area contributed by atoms with Crippen molar-refractivity contribution in [3.05, 3.63) is 0 Å². The van der Waals surface area contributed by atoms with E-state index in [1.165, 1.54) is 0 Å². The fraction of sp³-hybridized carbons (Fsp3) is 0.909. The molecule has 0 saturated heterocycles. The van der Waals surface area contributed by atoms with E-state index in [0.717, 1.165) is 0 Å². The monoisotopic (exact) mass is 183 g/mol. The zero-order valence-corrected chi connectivity index (χ0v) is 9.56. The summed E-state index contributed by atoms with van der Waals surface area (Å²) in [4.78, 5) is 11.6. The van der Waals surface area contributed by atoms with Gasteiger partial charge in [-0.05, 0) is 16.7 Å². The van der Waals surface area contributed by atoms with E-state index < -0.39 is 0 Å². The summed E-state index contributed by atoms with van der Waals surface area (Å²) in [5.74, 6) is 0.245. The van der Waals surface area contributed by atoms with Crippen molar-refractivity contribution >= 4 is 5.91 Å². The summed E-state index contributed by atoms with van der Waals surface area (Å²) in [7, 11) is 0. The van der Waals surface area contributed by atoms with Gasteiger partial charge in [-0.25, -0.2) is 0 Å². The largest absolute Gasteiger partial charge is 0.369 e. The van der Waals surface area contributed by atoms with Crippen LogP contribution < -0.4 is 5.73 Å². The minimum Gasteiger partial charge on any atom is -0.369 e. The van der Waals surface area contributed by atoms with Crippen LogP contribution in [0.25, 0.3) is 0 Å². The molecule has 2 N–H and O–H groups in total. The Morgan fingerprint density at radius 3 is 1.62 bits per heavy atom. The third-order valence-corrected chi connectivity index (χ3v) is 4.24. The SMILES string of the molecule is CC1C(C)(C)C1(C(N)=O)C(C)(C)C. The van der Waals surface area contributed by atoms with Crippen molar-refractivity contribution in [3.8, 4) is 0 Å². The Balaban J connectivity index is 3.18. The fourth-order valence-corrected chi connectivity index (χ4v) is 3.54. The summed E-state index contributed by atoms with van der Waals surface area (Å²) in [6.45, 7) is 12.7. The van der Waals surface area contributed by atoms with Crippen molar-refractivity contribution in [1.29, 1.82) is 0 Å². The molecule has 1 amide bonds. The second-order valence-corrected chi connectivity index (χ2v) is 5.87. The molecule has 0 bridgehead atoms. The van der Waals surface area contributed by atoms with Gasteiger partial charge >= 0.3 is 0 Å². The van der Waals surface area contributed by atoms with Crippen LogP contribution in [-0.4, -0.2) is 5.91 Å². The van der Waals surface area contributed by atoms with E-state index in [4.69, 9.17) is 5.73 Å². The Hall–Kier alpha value is -0.530. The van der Waals surface area contributed by atoms with Gasteiger partial charge in [0.25, 0.3) is 0 Å². The van der Waals surface area contributed by atoms with Crippen LogP contribution in [0.1, 0.15) is 41.5 Å². The molecule has 2 nitrogen and oxygen atoms in total. The maximum atomic E-state index is 11.6. The van der Waals surface area contributed by atoms with E-state index in [1.54, 1.807) is 0 Å². The second-order valence-electron chi connectivity index (χ2n) is 5.87. The number of rotatable bonds is 1. The lowest BCUT2D eigenvalue weighted by Crippen LogP contribution is -2.40. The number of carbonyl (C=O) groups is 1. The molecule has 0 aromatic rings. The van der Waals surface area contributed by atoms with Crippen LogP contribution >= 0.6 is 0 Å². The predicted molar refractivity (Wildman–Crippen MR) is 54.0 cm³/mol. The summed E-state index contributed by atoms with van der Waals surface area (Å²) in [5.41, 5.74) is 5.24. The average Bonchev–Trinajstić information content (AvgIpc) is 2.26. The van der Waals surface area contributed by atoms with Crippen LogP contribution in [0.3, 0.4) is 0 Å². The maximum absolute atomic E-state index is 11.6. The molecule has 2 unspecified atom stereocenters. The third kappa shape index (κ3) is 0.918. The van der Waals surface area contributed by atoms with E-state index >= 15 is 0 Å². The smallest absolute Gasteiger partial charge is 0.225 e. The highest BCUT2D eigenvalue weighted by atomic mass is 16.1. The molecule has 1 fully saturated rings. The first-order valence-corrected chi connectivity index (χ1v) is 4.90. The van der Waals surface area contributed by atoms with Crippen molar-refractivity contribution in [2.45, 2.75) is 41.5 Å². The molecule has 0 aliphatic heterocycles. The van der Waals surface area contributed by atoms with Crippen LogP contribution in [-0.2, 0) is 4.79 Å². The molecule has 1 aliphatic rings.